The molecule has 0 aliphatic carbocycles. The molecule has 1 N–H and O–H groups in total. The number of amides is 1. The van der Waals surface area contributed by atoms with Crippen molar-refractivity contribution < 1.29 is 31.3 Å². The molecule has 7 heteroatoms. The molecule has 0 aromatic heterocycles. The van der Waals surface area contributed by atoms with Gasteiger partial charge in [-0.1, -0.05) is 30.3 Å². The molecule has 1 aromatic rings. The molecule has 0 aliphatic heterocycles. The maximum absolute atomic E-state index is 12.2. The molecule has 1 atom stereocenters. The highest BCUT2D eigenvalue weighted by molar-refractivity contribution is 5.70. The number of hydrogen-bond donors (Lipinski definition) is 1. The third-order valence-electron chi connectivity index (χ3n) is 3.14. The fourth-order valence-electron chi connectivity index (χ4n) is 2.11. The van der Waals surface area contributed by atoms with Crippen LogP contribution in [0.3, 0.4) is 0 Å². The lowest BCUT2D eigenvalue weighted by Gasteiger charge is -2.24. The number of esters is 1. The van der Waals surface area contributed by atoms with Gasteiger partial charge in [0.05, 0.1) is 41.6 Å². The standard InChI is InChI=1S/C22H35NO6/c1-21(2,3)28-19(24)12-13-26-15-18(23-20(25)29-22(4,5)6)16-27-14-17-10-8-7-9-11-17/h7-11,18H,12-16H2,1-6H3,(H,23,25)/t18-/m1/s1/i15D2. The van der Waals surface area contributed by atoms with E-state index in [4.69, 9.17) is 21.7 Å². The summed E-state index contributed by atoms with van der Waals surface area (Å²) in [6, 6.07) is 8.21. The van der Waals surface area contributed by atoms with Crippen molar-refractivity contribution in [1.82, 2.24) is 5.32 Å². The van der Waals surface area contributed by atoms with Gasteiger partial charge < -0.3 is 24.3 Å². The third-order valence-corrected chi connectivity index (χ3v) is 3.14. The highest BCUT2D eigenvalue weighted by atomic mass is 16.6. The predicted molar refractivity (Wildman–Crippen MR) is 111 cm³/mol. The Morgan fingerprint density at radius 2 is 1.62 bits per heavy atom. The molecule has 0 saturated heterocycles. The van der Waals surface area contributed by atoms with Crippen LogP contribution in [0.5, 0.6) is 0 Å². The van der Waals surface area contributed by atoms with E-state index in [-0.39, 0.29) is 26.2 Å². The molecule has 0 bridgehead atoms. The molecular weight excluding hydrogens is 374 g/mol. The molecule has 164 valence electrons. The van der Waals surface area contributed by atoms with Gasteiger partial charge in [0.1, 0.15) is 11.2 Å². The maximum Gasteiger partial charge on any atom is 0.408 e. The number of hydrogen-bond acceptors (Lipinski definition) is 6. The van der Waals surface area contributed by atoms with Gasteiger partial charge in [-0.25, -0.2) is 4.79 Å². The molecule has 1 aromatic carbocycles. The summed E-state index contributed by atoms with van der Waals surface area (Å²) in [6.45, 7) is 7.91. The van der Waals surface area contributed by atoms with Crippen molar-refractivity contribution in [3.8, 4) is 0 Å². The quantitative estimate of drug-likeness (QED) is 0.589. The molecule has 0 aliphatic rings. The topological polar surface area (TPSA) is 83.1 Å². The van der Waals surface area contributed by atoms with E-state index in [1.54, 1.807) is 41.5 Å². The van der Waals surface area contributed by atoms with Gasteiger partial charge in [0.25, 0.3) is 0 Å². The van der Waals surface area contributed by atoms with Gasteiger partial charge in [-0.3, -0.25) is 4.79 Å². The molecule has 1 amide bonds. The molecule has 0 fully saturated rings. The van der Waals surface area contributed by atoms with Gasteiger partial charge in [-0.15, -0.1) is 0 Å². The van der Waals surface area contributed by atoms with Crippen LogP contribution in [0.4, 0.5) is 4.79 Å². The lowest BCUT2D eigenvalue weighted by atomic mass is 10.2. The monoisotopic (exact) mass is 411 g/mol. The van der Waals surface area contributed by atoms with Crippen LogP contribution in [0, 0.1) is 0 Å². The molecule has 0 saturated carbocycles. The van der Waals surface area contributed by atoms with Crippen molar-refractivity contribution in [1.29, 1.82) is 0 Å². The van der Waals surface area contributed by atoms with Crippen molar-refractivity contribution in [3.63, 3.8) is 0 Å². The van der Waals surface area contributed by atoms with Gasteiger partial charge >= 0.3 is 12.1 Å². The number of carbonyl (C=O) groups excluding carboxylic acids is 2. The van der Waals surface area contributed by atoms with Gasteiger partial charge in [0.15, 0.2) is 0 Å². The molecule has 0 heterocycles. The van der Waals surface area contributed by atoms with E-state index in [1.165, 1.54) is 0 Å². The van der Waals surface area contributed by atoms with Gasteiger partial charge in [-0.2, -0.15) is 0 Å². The summed E-state index contributed by atoms with van der Waals surface area (Å²) in [5.74, 6) is -0.500. The van der Waals surface area contributed by atoms with E-state index in [0.29, 0.717) is 0 Å². The molecule has 0 spiro atoms. The third kappa shape index (κ3) is 13.7. The lowest BCUT2D eigenvalue weighted by Crippen LogP contribution is -2.44. The molecule has 29 heavy (non-hydrogen) atoms. The van der Waals surface area contributed by atoms with Crippen LogP contribution in [-0.2, 0) is 30.3 Å². The second-order valence-electron chi connectivity index (χ2n) is 8.50. The highest BCUT2D eigenvalue weighted by Gasteiger charge is 2.20. The minimum atomic E-state index is -2.31. The summed E-state index contributed by atoms with van der Waals surface area (Å²) >= 11 is 0. The molecule has 0 unspecified atom stereocenters. The Labute approximate surface area is 176 Å². The van der Waals surface area contributed by atoms with E-state index in [9.17, 15) is 9.59 Å². The van der Waals surface area contributed by atoms with E-state index < -0.39 is 35.9 Å². The predicted octanol–water partition coefficient (Wildman–Crippen LogP) is 3.84. The van der Waals surface area contributed by atoms with E-state index in [0.717, 1.165) is 5.56 Å². The molecule has 0 radical (unpaired) electrons. The van der Waals surface area contributed by atoms with Crippen molar-refractivity contribution in [2.45, 2.75) is 71.8 Å². The zero-order valence-corrected chi connectivity index (χ0v) is 18.2. The van der Waals surface area contributed by atoms with Crippen LogP contribution < -0.4 is 5.32 Å². The average molecular weight is 412 g/mol. The minimum Gasteiger partial charge on any atom is -0.460 e. The fraction of sp³-hybridized carbons (Fsp3) is 0.636. The Morgan fingerprint density at radius 1 is 1.00 bits per heavy atom. The number of carbonyl (C=O) groups is 2. The van der Waals surface area contributed by atoms with Crippen molar-refractivity contribution in [2.24, 2.45) is 0 Å². The van der Waals surface area contributed by atoms with Crippen LogP contribution in [0.25, 0.3) is 0 Å². The van der Waals surface area contributed by atoms with Crippen molar-refractivity contribution >= 4 is 12.1 Å². The van der Waals surface area contributed by atoms with E-state index in [2.05, 4.69) is 5.32 Å². The first-order chi connectivity index (χ1) is 14.2. The van der Waals surface area contributed by atoms with Crippen molar-refractivity contribution in [2.75, 3.05) is 19.8 Å². The summed E-state index contributed by atoms with van der Waals surface area (Å²) in [5, 5.41) is 2.47. The van der Waals surface area contributed by atoms with E-state index in [1.807, 2.05) is 30.3 Å². The molecule has 1 rings (SSSR count). The minimum absolute atomic E-state index is 0.124. The van der Waals surface area contributed by atoms with Crippen molar-refractivity contribution in [3.05, 3.63) is 35.9 Å². The number of nitrogens with one attached hydrogen (secondary N) is 1. The van der Waals surface area contributed by atoms with Gasteiger partial charge in [-0.05, 0) is 47.1 Å². The fourth-order valence-corrected chi connectivity index (χ4v) is 2.11. The first-order valence-electron chi connectivity index (χ1n) is 10.6. The average Bonchev–Trinajstić information content (AvgIpc) is 2.58. The zero-order chi connectivity index (χ0) is 23.7. The van der Waals surface area contributed by atoms with E-state index >= 15 is 0 Å². The van der Waals surface area contributed by atoms with Crippen LogP contribution in [0.2, 0.25) is 0 Å². The summed E-state index contributed by atoms with van der Waals surface area (Å²) in [5.41, 5.74) is -0.476. The zero-order valence-electron chi connectivity index (χ0n) is 20.2. The number of ether oxygens (including phenoxy) is 4. The molecule has 7 nitrogen and oxygen atoms in total. The summed E-state index contributed by atoms with van der Waals surface area (Å²) in [6.07, 6.45) is -0.915. The Hall–Kier alpha value is -2.12. The highest BCUT2D eigenvalue weighted by Crippen LogP contribution is 2.09. The second kappa shape index (κ2) is 11.8. The summed E-state index contributed by atoms with van der Waals surface area (Å²) in [7, 11) is 0. The van der Waals surface area contributed by atoms with Crippen LogP contribution in [-0.4, -0.2) is 49.1 Å². The number of rotatable bonds is 10. The first kappa shape index (κ1) is 21.6. The molecular formula is C22H35NO6. The Kier molecular flexibility index (Phi) is 8.77. The maximum atomic E-state index is 12.2. The summed E-state index contributed by atoms with van der Waals surface area (Å²) < 4.78 is 37.8. The number of alkyl carbamates (subject to hydrolysis) is 1. The van der Waals surface area contributed by atoms with Gasteiger partial charge in [0, 0.05) is 0 Å². The largest absolute Gasteiger partial charge is 0.460 e. The number of benzene rings is 1. The van der Waals surface area contributed by atoms with Crippen LogP contribution >= 0.6 is 0 Å². The van der Waals surface area contributed by atoms with Gasteiger partial charge in [0.2, 0.25) is 0 Å². The smallest absolute Gasteiger partial charge is 0.408 e. The second-order valence-corrected chi connectivity index (χ2v) is 8.50. The van der Waals surface area contributed by atoms with Crippen LogP contribution in [0.1, 0.15) is 56.3 Å². The lowest BCUT2D eigenvalue weighted by molar-refractivity contribution is -0.156. The Bertz CT molecular complexity index is 698. The Balaban J connectivity index is 2.71. The summed E-state index contributed by atoms with van der Waals surface area (Å²) in [4.78, 5) is 24.0. The Morgan fingerprint density at radius 3 is 2.21 bits per heavy atom. The van der Waals surface area contributed by atoms with Crippen LogP contribution in [0.15, 0.2) is 30.3 Å². The SMILES string of the molecule is [2H]C([2H])(OCCC(=O)OC(C)(C)C)[C@H](COCc1ccccc1)NC(=O)OC(C)(C)C. The first-order valence-corrected chi connectivity index (χ1v) is 9.65. The normalized spacial score (nSPS) is 14.4.